The summed E-state index contributed by atoms with van der Waals surface area (Å²) in [5.74, 6) is -1.46. The number of amides is 4. The number of rotatable bonds is 3. The number of aliphatic carboxylic acids is 1. The van der Waals surface area contributed by atoms with Crippen molar-refractivity contribution in [2.75, 3.05) is 0 Å². The molecule has 0 radical (unpaired) electrons. The zero-order valence-electron chi connectivity index (χ0n) is 15.6. The van der Waals surface area contributed by atoms with Gasteiger partial charge < -0.3 is 15.3 Å². The molecule has 0 unspecified atom stereocenters. The monoisotopic (exact) mass is 385 g/mol. The van der Waals surface area contributed by atoms with Crippen LogP contribution in [0.3, 0.4) is 0 Å². The van der Waals surface area contributed by atoms with E-state index in [4.69, 9.17) is 0 Å². The van der Waals surface area contributed by atoms with Gasteiger partial charge in [-0.2, -0.15) is 0 Å². The standard InChI is InChI=1S/C20H23N3O5/c1-20(18(27)21-19(28)22-20)13-8-6-11(7-9-13)16(24)23-14-5-3-2-4-12(14)10-15(23)17(25)26/h6-9,12,14-15H,2-5,10H2,1H3,(H,25,26)(H2,21,22,27,28)/t12-,14-,15+,20-/m1/s1. The molecule has 0 spiro atoms. The Kier molecular flexibility index (Phi) is 4.36. The summed E-state index contributed by atoms with van der Waals surface area (Å²) in [5, 5.41) is 14.4. The molecule has 4 amide bonds. The number of fused-ring (bicyclic) bond motifs is 1. The molecule has 1 aromatic rings. The summed E-state index contributed by atoms with van der Waals surface area (Å²) >= 11 is 0. The predicted molar refractivity (Wildman–Crippen MR) is 98.4 cm³/mol. The molecule has 0 aromatic heterocycles. The highest BCUT2D eigenvalue weighted by Gasteiger charge is 2.48. The van der Waals surface area contributed by atoms with Crippen LogP contribution in [-0.4, -0.2) is 45.9 Å². The lowest BCUT2D eigenvalue weighted by Gasteiger charge is -2.33. The third kappa shape index (κ3) is 2.83. The van der Waals surface area contributed by atoms with Gasteiger partial charge in [0.15, 0.2) is 0 Å². The van der Waals surface area contributed by atoms with Crippen molar-refractivity contribution in [3.63, 3.8) is 0 Å². The Labute approximate surface area is 162 Å². The second kappa shape index (κ2) is 6.61. The quantitative estimate of drug-likeness (QED) is 0.684. The van der Waals surface area contributed by atoms with Gasteiger partial charge in [0.25, 0.3) is 11.8 Å². The number of hydrogen-bond acceptors (Lipinski definition) is 4. The molecule has 1 saturated carbocycles. The highest BCUT2D eigenvalue weighted by molar-refractivity contribution is 6.07. The maximum absolute atomic E-state index is 13.2. The van der Waals surface area contributed by atoms with E-state index in [1.54, 1.807) is 36.1 Å². The van der Waals surface area contributed by atoms with E-state index in [9.17, 15) is 24.3 Å². The summed E-state index contributed by atoms with van der Waals surface area (Å²) in [7, 11) is 0. The number of carbonyl (C=O) groups excluding carboxylic acids is 3. The highest BCUT2D eigenvalue weighted by Crippen LogP contribution is 2.40. The summed E-state index contributed by atoms with van der Waals surface area (Å²) in [6.07, 6.45) is 4.39. The number of carboxylic acids is 1. The summed E-state index contributed by atoms with van der Waals surface area (Å²) in [6.45, 7) is 1.59. The first-order valence-electron chi connectivity index (χ1n) is 9.61. The predicted octanol–water partition coefficient (Wildman–Crippen LogP) is 1.60. The van der Waals surface area contributed by atoms with Crippen LogP contribution in [-0.2, 0) is 15.1 Å². The van der Waals surface area contributed by atoms with E-state index in [2.05, 4.69) is 10.6 Å². The van der Waals surface area contributed by atoms with Crippen molar-refractivity contribution in [3.8, 4) is 0 Å². The van der Waals surface area contributed by atoms with Gasteiger partial charge in [-0.25, -0.2) is 9.59 Å². The molecule has 4 rings (SSSR count). The van der Waals surface area contributed by atoms with E-state index in [1.807, 2.05) is 0 Å². The molecule has 8 nitrogen and oxygen atoms in total. The number of urea groups is 1. The Morgan fingerprint density at radius 3 is 2.43 bits per heavy atom. The summed E-state index contributed by atoms with van der Waals surface area (Å²) in [6, 6.07) is 5.06. The molecule has 1 aromatic carbocycles. The molecule has 3 N–H and O–H groups in total. The molecule has 2 aliphatic heterocycles. The smallest absolute Gasteiger partial charge is 0.326 e. The van der Waals surface area contributed by atoms with E-state index in [0.717, 1.165) is 25.7 Å². The highest BCUT2D eigenvalue weighted by atomic mass is 16.4. The van der Waals surface area contributed by atoms with Crippen LogP contribution in [0.4, 0.5) is 4.79 Å². The van der Waals surface area contributed by atoms with Gasteiger partial charge in [-0.15, -0.1) is 0 Å². The molecule has 4 atom stereocenters. The lowest BCUT2D eigenvalue weighted by atomic mass is 9.84. The third-order valence-corrected chi connectivity index (χ3v) is 6.36. The molecule has 3 aliphatic rings. The van der Waals surface area contributed by atoms with E-state index in [1.165, 1.54) is 0 Å². The van der Waals surface area contributed by atoms with E-state index in [-0.39, 0.29) is 17.9 Å². The summed E-state index contributed by atoms with van der Waals surface area (Å²) in [5.41, 5.74) is -0.251. The minimum absolute atomic E-state index is 0.0283. The first-order chi connectivity index (χ1) is 13.3. The van der Waals surface area contributed by atoms with Crippen LogP contribution in [0, 0.1) is 5.92 Å². The molecule has 2 heterocycles. The van der Waals surface area contributed by atoms with Crippen LogP contribution in [0.25, 0.3) is 0 Å². The average molecular weight is 385 g/mol. The number of likely N-dealkylation sites (tertiary alicyclic amines) is 1. The van der Waals surface area contributed by atoms with E-state index >= 15 is 0 Å². The second-order valence-electron chi connectivity index (χ2n) is 8.02. The molecule has 8 heteroatoms. The molecule has 2 saturated heterocycles. The largest absolute Gasteiger partial charge is 0.480 e. The minimum Gasteiger partial charge on any atom is -0.480 e. The Morgan fingerprint density at radius 2 is 1.82 bits per heavy atom. The summed E-state index contributed by atoms with van der Waals surface area (Å²) in [4.78, 5) is 50.0. The molecule has 28 heavy (non-hydrogen) atoms. The fraction of sp³-hybridized carbons (Fsp3) is 0.500. The minimum atomic E-state index is -1.19. The van der Waals surface area contributed by atoms with Gasteiger partial charge in [0.05, 0.1) is 0 Å². The van der Waals surface area contributed by atoms with Gasteiger partial charge in [-0.3, -0.25) is 14.9 Å². The Bertz CT molecular complexity index is 852. The molecular formula is C20H23N3O5. The molecule has 0 bridgehead atoms. The number of benzene rings is 1. The van der Waals surface area contributed by atoms with Gasteiger partial charge in [0.1, 0.15) is 11.6 Å². The van der Waals surface area contributed by atoms with Crippen molar-refractivity contribution < 1.29 is 24.3 Å². The van der Waals surface area contributed by atoms with Crippen LogP contribution in [0.2, 0.25) is 0 Å². The number of carboxylic acid groups (broad SMARTS) is 1. The normalized spacial score (nSPS) is 31.9. The zero-order chi connectivity index (χ0) is 20.1. The van der Waals surface area contributed by atoms with Crippen LogP contribution in [0.5, 0.6) is 0 Å². The topological polar surface area (TPSA) is 116 Å². The number of carbonyl (C=O) groups is 4. The Hall–Kier alpha value is -2.90. The number of nitrogens with zero attached hydrogens (tertiary/aromatic N) is 1. The fourth-order valence-electron chi connectivity index (χ4n) is 4.81. The molecular weight excluding hydrogens is 362 g/mol. The number of hydrogen-bond donors (Lipinski definition) is 3. The fourth-order valence-corrected chi connectivity index (χ4v) is 4.81. The van der Waals surface area contributed by atoms with E-state index < -0.39 is 29.5 Å². The first kappa shape index (κ1) is 18.5. The molecule has 148 valence electrons. The van der Waals surface area contributed by atoms with Crippen LogP contribution < -0.4 is 10.6 Å². The first-order valence-corrected chi connectivity index (χ1v) is 9.61. The maximum atomic E-state index is 13.2. The van der Waals surface area contributed by atoms with Crippen molar-refractivity contribution in [1.82, 2.24) is 15.5 Å². The van der Waals surface area contributed by atoms with Gasteiger partial charge in [-0.1, -0.05) is 25.0 Å². The van der Waals surface area contributed by atoms with Crippen LogP contribution >= 0.6 is 0 Å². The van der Waals surface area contributed by atoms with Crippen LogP contribution in [0.15, 0.2) is 24.3 Å². The SMILES string of the molecule is C[C@]1(c2ccc(C(=O)N3[C@@H]4CCCC[C@@H]4C[C@H]3C(=O)O)cc2)NC(=O)NC1=O. The van der Waals surface area contributed by atoms with Crippen molar-refractivity contribution in [3.05, 3.63) is 35.4 Å². The Morgan fingerprint density at radius 1 is 1.14 bits per heavy atom. The Balaban J connectivity index is 1.60. The average Bonchev–Trinajstić information content (AvgIpc) is 3.19. The van der Waals surface area contributed by atoms with Gasteiger partial charge in [-0.05, 0) is 49.8 Å². The van der Waals surface area contributed by atoms with Crippen LogP contribution in [0.1, 0.15) is 54.9 Å². The van der Waals surface area contributed by atoms with Gasteiger partial charge in [0.2, 0.25) is 0 Å². The lowest BCUT2D eigenvalue weighted by Crippen LogP contribution is -2.46. The second-order valence-corrected chi connectivity index (χ2v) is 8.02. The lowest BCUT2D eigenvalue weighted by molar-refractivity contribution is -0.141. The van der Waals surface area contributed by atoms with Crippen molar-refractivity contribution in [2.24, 2.45) is 5.92 Å². The van der Waals surface area contributed by atoms with Gasteiger partial charge in [0, 0.05) is 11.6 Å². The van der Waals surface area contributed by atoms with Crippen molar-refractivity contribution in [2.45, 2.75) is 56.7 Å². The van der Waals surface area contributed by atoms with Crippen molar-refractivity contribution in [1.29, 1.82) is 0 Å². The summed E-state index contributed by atoms with van der Waals surface area (Å²) < 4.78 is 0. The van der Waals surface area contributed by atoms with Crippen molar-refractivity contribution >= 4 is 23.8 Å². The third-order valence-electron chi connectivity index (χ3n) is 6.36. The number of nitrogens with one attached hydrogen (secondary N) is 2. The molecule has 1 aliphatic carbocycles. The number of imide groups is 1. The maximum Gasteiger partial charge on any atom is 0.326 e. The zero-order valence-corrected chi connectivity index (χ0v) is 15.6. The molecule has 3 fully saturated rings. The van der Waals surface area contributed by atoms with E-state index in [0.29, 0.717) is 17.5 Å². The van der Waals surface area contributed by atoms with Gasteiger partial charge >= 0.3 is 12.0 Å².